The second-order valence-corrected chi connectivity index (χ2v) is 5.41. The monoisotopic (exact) mass is 301 g/mol. The van der Waals surface area contributed by atoms with E-state index in [2.05, 4.69) is 26.3 Å². The average Bonchev–Trinajstić information content (AvgIpc) is 2.89. The van der Waals surface area contributed by atoms with Crippen LogP contribution in [0.5, 0.6) is 0 Å². The van der Waals surface area contributed by atoms with Gasteiger partial charge in [0.15, 0.2) is 0 Å². The van der Waals surface area contributed by atoms with Gasteiger partial charge in [0, 0.05) is 26.1 Å². The normalized spacial score (nSPS) is 22.0. The molecule has 2 atom stereocenters. The lowest BCUT2D eigenvalue weighted by molar-refractivity contribution is 0.0802. The number of halogens is 1. The maximum atomic E-state index is 5.76. The molecule has 2 heterocycles. The zero-order valence-electron chi connectivity index (χ0n) is 10.7. The van der Waals surface area contributed by atoms with Gasteiger partial charge < -0.3 is 10.1 Å². The molecule has 0 spiro atoms. The maximum Gasteiger partial charge on any atom is 0.0738 e. The summed E-state index contributed by atoms with van der Waals surface area (Å²) in [4.78, 5) is 0. The molecule has 0 saturated carbocycles. The van der Waals surface area contributed by atoms with E-state index in [0.717, 1.165) is 29.6 Å². The summed E-state index contributed by atoms with van der Waals surface area (Å²) in [6, 6.07) is 0.364. The Bertz CT molecular complexity index is 385. The molecule has 1 fully saturated rings. The summed E-state index contributed by atoms with van der Waals surface area (Å²) in [6.45, 7) is 2.92. The Labute approximate surface area is 111 Å². The van der Waals surface area contributed by atoms with E-state index in [1.54, 1.807) is 0 Å². The molecule has 1 aliphatic heterocycles. The number of rotatable bonds is 4. The number of nitrogens with zero attached hydrogens (tertiary/aromatic N) is 2. The molecule has 0 aromatic carbocycles. The molecule has 1 aliphatic rings. The number of aromatic nitrogens is 2. The van der Waals surface area contributed by atoms with E-state index < -0.39 is 0 Å². The van der Waals surface area contributed by atoms with Crippen molar-refractivity contribution in [3.05, 3.63) is 15.9 Å². The van der Waals surface area contributed by atoms with Crippen molar-refractivity contribution in [1.29, 1.82) is 0 Å². The standard InChI is InChI=1S/C12H20BrN3O/c1-8-12(13)10(16(3)15-8)7-9(14-2)11-5-4-6-17-11/h9,11,14H,4-7H2,1-3H3. The Balaban J connectivity index is 2.12. The molecule has 5 heteroatoms. The summed E-state index contributed by atoms with van der Waals surface area (Å²) in [5.41, 5.74) is 2.28. The maximum absolute atomic E-state index is 5.76. The van der Waals surface area contributed by atoms with Crippen molar-refractivity contribution in [1.82, 2.24) is 15.1 Å². The lowest BCUT2D eigenvalue weighted by atomic mass is 10.0. The van der Waals surface area contributed by atoms with Crippen molar-refractivity contribution < 1.29 is 4.74 Å². The van der Waals surface area contributed by atoms with Crippen molar-refractivity contribution in [2.45, 2.75) is 38.3 Å². The first kappa shape index (κ1) is 13.1. The molecule has 0 radical (unpaired) electrons. The van der Waals surface area contributed by atoms with Gasteiger partial charge in [0.25, 0.3) is 0 Å². The first-order valence-electron chi connectivity index (χ1n) is 6.10. The van der Waals surface area contributed by atoms with Crippen LogP contribution >= 0.6 is 15.9 Å². The molecule has 17 heavy (non-hydrogen) atoms. The Kier molecular flexibility index (Phi) is 4.22. The quantitative estimate of drug-likeness (QED) is 0.922. The predicted octanol–water partition coefficient (Wildman–Crippen LogP) is 1.80. The van der Waals surface area contributed by atoms with Gasteiger partial charge in [0.1, 0.15) is 0 Å². The summed E-state index contributed by atoms with van der Waals surface area (Å²) >= 11 is 3.62. The van der Waals surface area contributed by atoms with Gasteiger partial charge >= 0.3 is 0 Å². The fourth-order valence-corrected chi connectivity index (χ4v) is 2.95. The molecule has 1 aromatic rings. The molecule has 0 aliphatic carbocycles. The van der Waals surface area contributed by atoms with Crippen LogP contribution in [-0.4, -0.2) is 35.6 Å². The number of likely N-dealkylation sites (N-methyl/N-ethyl adjacent to an activating group) is 1. The van der Waals surface area contributed by atoms with Crippen molar-refractivity contribution in [2.75, 3.05) is 13.7 Å². The highest BCUT2D eigenvalue weighted by molar-refractivity contribution is 9.10. The van der Waals surface area contributed by atoms with Gasteiger partial charge in [-0.05, 0) is 42.7 Å². The van der Waals surface area contributed by atoms with E-state index in [-0.39, 0.29) is 0 Å². The van der Waals surface area contributed by atoms with E-state index in [1.165, 1.54) is 12.1 Å². The van der Waals surface area contributed by atoms with E-state index in [9.17, 15) is 0 Å². The molecule has 1 saturated heterocycles. The SMILES string of the molecule is CNC(Cc1c(Br)c(C)nn1C)C1CCCO1. The molecule has 96 valence electrons. The third kappa shape index (κ3) is 2.72. The van der Waals surface area contributed by atoms with E-state index in [0.29, 0.717) is 12.1 Å². The van der Waals surface area contributed by atoms with Gasteiger partial charge in [0.2, 0.25) is 0 Å². The summed E-state index contributed by atoms with van der Waals surface area (Å²) in [7, 11) is 4.00. The van der Waals surface area contributed by atoms with E-state index in [4.69, 9.17) is 4.74 Å². The molecule has 2 rings (SSSR count). The Morgan fingerprint density at radius 2 is 2.41 bits per heavy atom. The minimum atomic E-state index is 0.335. The van der Waals surface area contributed by atoms with E-state index >= 15 is 0 Å². The second kappa shape index (κ2) is 5.50. The van der Waals surface area contributed by atoms with Crippen molar-refractivity contribution in [3.63, 3.8) is 0 Å². The van der Waals surface area contributed by atoms with Crippen molar-refractivity contribution in [2.24, 2.45) is 7.05 Å². The van der Waals surface area contributed by atoms with Crippen molar-refractivity contribution in [3.8, 4) is 0 Å². The largest absolute Gasteiger partial charge is 0.377 e. The second-order valence-electron chi connectivity index (χ2n) is 4.62. The predicted molar refractivity (Wildman–Crippen MR) is 71.2 cm³/mol. The van der Waals surface area contributed by atoms with Crippen LogP contribution in [0.1, 0.15) is 24.2 Å². The third-order valence-corrected chi connectivity index (χ3v) is 4.49. The summed E-state index contributed by atoms with van der Waals surface area (Å²) < 4.78 is 8.84. The molecule has 4 nitrogen and oxygen atoms in total. The number of aryl methyl sites for hydroxylation is 2. The molecule has 1 aromatic heterocycles. The molecule has 2 unspecified atom stereocenters. The van der Waals surface area contributed by atoms with Crippen LogP contribution in [0.25, 0.3) is 0 Å². The third-order valence-electron chi connectivity index (χ3n) is 3.46. The van der Waals surface area contributed by atoms with Gasteiger partial charge in [0.05, 0.1) is 22.0 Å². The minimum Gasteiger partial charge on any atom is -0.377 e. The lowest BCUT2D eigenvalue weighted by Gasteiger charge is -2.22. The average molecular weight is 302 g/mol. The number of hydrogen-bond donors (Lipinski definition) is 1. The van der Waals surface area contributed by atoms with Gasteiger partial charge in [-0.15, -0.1) is 0 Å². The van der Waals surface area contributed by atoms with Gasteiger partial charge in [-0.2, -0.15) is 5.10 Å². The molecule has 1 N–H and O–H groups in total. The van der Waals surface area contributed by atoms with E-state index in [1.807, 2.05) is 25.7 Å². The summed E-state index contributed by atoms with van der Waals surface area (Å²) in [5.74, 6) is 0. The summed E-state index contributed by atoms with van der Waals surface area (Å²) in [6.07, 6.45) is 3.61. The molecule has 0 amide bonds. The fraction of sp³-hybridized carbons (Fsp3) is 0.750. The van der Waals surface area contributed by atoms with Gasteiger partial charge in [-0.3, -0.25) is 4.68 Å². The fourth-order valence-electron chi connectivity index (χ4n) is 2.45. The minimum absolute atomic E-state index is 0.335. The van der Waals surface area contributed by atoms with Crippen LogP contribution in [-0.2, 0) is 18.2 Å². The van der Waals surface area contributed by atoms with Crippen LogP contribution in [0, 0.1) is 6.92 Å². The Morgan fingerprint density at radius 1 is 1.65 bits per heavy atom. The zero-order valence-corrected chi connectivity index (χ0v) is 12.2. The van der Waals surface area contributed by atoms with Gasteiger partial charge in [-0.25, -0.2) is 0 Å². The lowest BCUT2D eigenvalue weighted by Crippen LogP contribution is -2.39. The number of nitrogens with one attached hydrogen (secondary N) is 1. The number of hydrogen-bond acceptors (Lipinski definition) is 3. The Hall–Kier alpha value is -0.390. The van der Waals surface area contributed by atoms with Crippen LogP contribution < -0.4 is 5.32 Å². The highest BCUT2D eigenvalue weighted by atomic mass is 79.9. The molecular weight excluding hydrogens is 282 g/mol. The topological polar surface area (TPSA) is 39.1 Å². The van der Waals surface area contributed by atoms with Crippen LogP contribution in [0.2, 0.25) is 0 Å². The smallest absolute Gasteiger partial charge is 0.0738 e. The first-order valence-corrected chi connectivity index (χ1v) is 6.89. The van der Waals surface area contributed by atoms with Crippen LogP contribution in [0.15, 0.2) is 4.47 Å². The van der Waals surface area contributed by atoms with Crippen LogP contribution in [0.3, 0.4) is 0 Å². The zero-order chi connectivity index (χ0) is 12.4. The molecular formula is C12H20BrN3O. The Morgan fingerprint density at radius 3 is 2.88 bits per heavy atom. The first-order chi connectivity index (χ1) is 8.13. The summed E-state index contributed by atoms with van der Waals surface area (Å²) in [5, 5.41) is 7.80. The van der Waals surface area contributed by atoms with Gasteiger partial charge in [-0.1, -0.05) is 0 Å². The van der Waals surface area contributed by atoms with Crippen molar-refractivity contribution >= 4 is 15.9 Å². The molecule has 0 bridgehead atoms. The highest BCUT2D eigenvalue weighted by Crippen LogP contribution is 2.24. The highest BCUT2D eigenvalue weighted by Gasteiger charge is 2.26. The number of ether oxygens (including phenoxy) is 1. The van der Waals surface area contributed by atoms with Crippen LogP contribution in [0.4, 0.5) is 0 Å².